The first-order valence-electron chi connectivity index (χ1n) is 9.74. The molecule has 0 spiro atoms. The lowest BCUT2D eigenvalue weighted by atomic mass is 10.2. The van der Waals surface area contributed by atoms with Crippen LogP contribution in [0.1, 0.15) is 6.42 Å². The number of aromatic nitrogens is 3. The number of piperazine rings is 1. The van der Waals surface area contributed by atoms with Crippen LogP contribution < -0.4 is 4.90 Å². The molecule has 4 rings (SSSR count). The van der Waals surface area contributed by atoms with Gasteiger partial charge in [0.1, 0.15) is 0 Å². The Hall–Kier alpha value is -2.93. The highest BCUT2D eigenvalue weighted by Crippen LogP contribution is 2.20. The molecule has 0 aliphatic carbocycles. The van der Waals surface area contributed by atoms with E-state index < -0.39 is 0 Å². The van der Waals surface area contributed by atoms with Gasteiger partial charge < -0.3 is 9.80 Å². The number of amides is 1. The van der Waals surface area contributed by atoms with Gasteiger partial charge in [0.15, 0.2) is 5.82 Å². The second-order valence-electron chi connectivity index (χ2n) is 6.79. The maximum absolute atomic E-state index is 12.5. The lowest BCUT2D eigenvalue weighted by molar-refractivity contribution is -0.131. The summed E-state index contributed by atoms with van der Waals surface area (Å²) in [5.41, 5.74) is 1.84. The SMILES string of the molecule is O=C(CCSc1ccccc1)N1CCN(c2ccc(-c3ccncc3)nn2)CC1. The number of anilines is 1. The van der Waals surface area contributed by atoms with Crippen LogP contribution >= 0.6 is 11.8 Å². The van der Waals surface area contributed by atoms with Crippen molar-refractivity contribution in [2.45, 2.75) is 11.3 Å². The summed E-state index contributed by atoms with van der Waals surface area (Å²) in [4.78, 5) is 21.9. The van der Waals surface area contributed by atoms with Gasteiger partial charge in [-0.3, -0.25) is 9.78 Å². The van der Waals surface area contributed by atoms with Crippen molar-refractivity contribution in [3.63, 3.8) is 0 Å². The van der Waals surface area contributed by atoms with E-state index in [2.05, 4.69) is 32.2 Å². The van der Waals surface area contributed by atoms with Gasteiger partial charge in [-0.1, -0.05) is 18.2 Å². The van der Waals surface area contributed by atoms with E-state index in [0.717, 1.165) is 49.0 Å². The summed E-state index contributed by atoms with van der Waals surface area (Å²) in [6.07, 6.45) is 4.07. The van der Waals surface area contributed by atoms with Crippen LogP contribution in [0.5, 0.6) is 0 Å². The minimum Gasteiger partial charge on any atom is -0.352 e. The van der Waals surface area contributed by atoms with E-state index in [0.29, 0.717) is 6.42 Å². The van der Waals surface area contributed by atoms with Crippen LogP contribution in [0.15, 0.2) is 71.9 Å². The zero-order valence-corrected chi connectivity index (χ0v) is 17.0. The minimum absolute atomic E-state index is 0.229. The zero-order chi connectivity index (χ0) is 19.9. The van der Waals surface area contributed by atoms with E-state index in [1.165, 1.54) is 4.90 Å². The van der Waals surface area contributed by atoms with Crippen LogP contribution in [0.25, 0.3) is 11.3 Å². The van der Waals surface area contributed by atoms with Gasteiger partial charge in [0.25, 0.3) is 0 Å². The molecule has 1 saturated heterocycles. The number of carbonyl (C=O) groups excluding carboxylic acids is 1. The van der Waals surface area contributed by atoms with Crippen LogP contribution in [-0.4, -0.2) is 57.9 Å². The Kier molecular flexibility index (Phi) is 6.36. The average molecular weight is 406 g/mol. The quantitative estimate of drug-likeness (QED) is 0.586. The minimum atomic E-state index is 0.229. The summed E-state index contributed by atoms with van der Waals surface area (Å²) < 4.78 is 0. The van der Waals surface area contributed by atoms with Crippen molar-refractivity contribution in [3.8, 4) is 11.3 Å². The molecule has 7 heteroatoms. The first-order chi connectivity index (χ1) is 14.3. The summed E-state index contributed by atoms with van der Waals surface area (Å²) in [5, 5.41) is 8.73. The molecule has 2 aromatic heterocycles. The van der Waals surface area contributed by atoms with Gasteiger partial charge in [-0.05, 0) is 36.4 Å². The molecule has 1 fully saturated rings. The molecule has 1 aromatic carbocycles. The number of nitrogens with zero attached hydrogens (tertiary/aromatic N) is 5. The van der Waals surface area contributed by atoms with E-state index in [9.17, 15) is 4.79 Å². The standard InChI is InChI=1S/C22H23N5OS/c28-22(10-17-29-19-4-2-1-3-5-19)27-15-13-26(14-16-27)21-7-6-20(24-25-21)18-8-11-23-12-9-18/h1-9,11-12H,10,13-17H2. The van der Waals surface area contributed by atoms with Gasteiger partial charge in [0, 0.05) is 61.2 Å². The van der Waals surface area contributed by atoms with Gasteiger partial charge in [-0.15, -0.1) is 22.0 Å². The third-order valence-corrected chi connectivity index (χ3v) is 5.92. The highest BCUT2D eigenvalue weighted by atomic mass is 32.2. The zero-order valence-electron chi connectivity index (χ0n) is 16.1. The van der Waals surface area contributed by atoms with E-state index in [1.807, 2.05) is 47.4 Å². The lowest BCUT2D eigenvalue weighted by Crippen LogP contribution is -2.49. The molecule has 1 aliphatic rings. The summed E-state index contributed by atoms with van der Waals surface area (Å²) in [6.45, 7) is 3.01. The average Bonchev–Trinajstić information content (AvgIpc) is 2.80. The maximum Gasteiger partial charge on any atom is 0.223 e. The smallest absolute Gasteiger partial charge is 0.223 e. The third-order valence-electron chi connectivity index (χ3n) is 4.91. The van der Waals surface area contributed by atoms with E-state index in [-0.39, 0.29) is 5.91 Å². The molecule has 0 N–H and O–H groups in total. The Labute approximate surface area is 175 Å². The molecular weight excluding hydrogens is 382 g/mol. The number of hydrogen-bond acceptors (Lipinski definition) is 6. The van der Waals surface area contributed by atoms with Gasteiger partial charge in [0.2, 0.25) is 5.91 Å². The molecule has 0 saturated carbocycles. The molecule has 1 aliphatic heterocycles. The lowest BCUT2D eigenvalue weighted by Gasteiger charge is -2.35. The Balaban J connectivity index is 1.25. The molecule has 6 nitrogen and oxygen atoms in total. The van der Waals surface area contributed by atoms with Gasteiger partial charge >= 0.3 is 0 Å². The van der Waals surface area contributed by atoms with E-state index in [1.54, 1.807) is 24.2 Å². The summed E-state index contributed by atoms with van der Waals surface area (Å²) in [5.74, 6) is 1.90. The van der Waals surface area contributed by atoms with E-state index in [4.69, 9.17) is 0 Å². The molecule has 0 bridgehead atoms. The van der Waals surface area contributed by atoms with Gasteiger partial charge in [-0.25, -0.2) is 0 Å². The predicted molar refractivity (Wildman–Crippen MR) is 116 cm³/mol. The highest BCUT2D eigenvalue weighted by Gasteiger charge is 2.22. The fourth-order valence-electron chi connectivity index (χ4n) is 3.29. The van der Waals surface area contributed by atoms with Crippen LogP contribution in [0.4, 0.5) is 5.82 Å². The molecular formula is C22H23N5OS. The Morgan fingerprint density at radius 3 is 2.34 bits per heavy atom. The van der Waals surface area contributed by atoms with Crippen molar-refractivity contribution >= 4 is 23.5 Å². The van der Waals surface area contributed by atoms with Crippen molar-refractivity contribution in [2.75, 3.05) is 36.8 Å². The Morgan fingerprint density at radius 2 is 1.66 bits per heavy atom. The molecule has 0 atom stereocenters. The first-order valence-corrected chi connectivity index (χ1v) is 10.7. The Morgan fingerprint density at radius 1 is 0.897 bits per heavy atom. The number of pyridine rings is 1. The largest absolute Gasteiger partial charge is 0.352 e. The molecule has 29 heavy (non-hydrogen) atoms. The molecule has 1 amide bonds. The molecule has 3 aromatic rings. The number of rotatable bonds is 6. The van der Waals surface area contributed by atoms with Crippen molar-refractivity contribution in [1.82, 2.24) is 20.1 Å². The van der Waals surface area contributed by atoms with Crippen molar-refractivity contribution < 1.29 is 4.79 Å². The monoisotopic (exact) mass is 405 g/mol. The molecule has 3 heterocycles. The normalized spacial score (nSPS) is 14.1. The first kappa shape index (κ1) is 19.4. The van der Waals surface area contributed by atoms with Crippen LogP contribution in [0, 0.1) is 0 Å². The number of hydrogen-bond donors (Lipinski definition) is 0. The maximum atomic E-state index is 12.5. The van der Waals surface area contributed by atoms with Crippen molar-refractivity contribution in [1.29, 1.82) is 0 Å². The summed E-state index contributed by atoms with van der Waals surface area (Å²) in [6, 6.07) is 18.0. The number of benzene rings is 1. The molecule has 0 radical (unpaired) electrons. The van der Waals surface area contributed by atoms with Gasteiger partial charge in [0.05, 0.1) is 5.69 Å². The third kappa shape index (κ3) is 5.12. The van der Waals surface area contributed by atoms with Crippen LogP contribution in [-0.2, 0) is 4.79 Å². The van der Waals surface area contributed by atoms with Crippen LogP contribution in [0.3, 0.4) is 0 Å². The topological polar surface area (TPSA) is 62.2 Å². The molecule has 0 unspecified atom stereocenters. The number of carbonyl (C=O) groups is 1. The fourth-order valence-corrected chi connectivity index (χ4v) is 4.15. The molecule has 148 valence electrons. The van der Waals surface area contributed by atoms with Crippen molar-refractivity contribution in [2.24, 2.45) is 0 Å². The van der Waals surface area contributed by atoms with E-state index >= 15 is 0 Å². The predicted octanol–water partition coefficient (Wildman–Crippen LogP) is 3.37. The highest BCUT2D eigenvalue weighted by molar-refractivity contribution is 7.99. The van der Waals surface area contributed by atoms with Gasteiger partial charge in [-0.2, -0.15) is 0 Å². The summed E-state index contributed by atoms with van der Waals surface area (Å²) >= 11 is 1.73. The van der Waals surface area contributed by atoms with Crippen molar-refractivity contribution in [3.05, 3.63) is 67.0 Å². The second-order valence-corrected chi connectivity index (χ2v) is 7.96. The van der Waals surface area contributed by atoms with Crippen LogP contribution in [0.2, 0.25) is 0 Å². The summed E-state index contributed by atoms with van der Waals surface area (Å²) in [7, 11) is 0. The Bertz CT molecular complexity index is 913. The number of thioether (sulfide) groups is 1. The fraction of sp³-hybridized carbons (Fsp3) is 0.273. The second kappa shape index (κ2) is 9.52.